The molecule has 0 bridgehead atoms. The van der Waals surface area contributed by atoms with E-state index in [1.54, 1.807) is 11.8 Å². The summed E-state index contributed by atoms with van der Waals surface area (Å²) in [6.45, 7) is 5.12. The van der Waals surface area contributed by atoms with E-state index in [0.29, 0.717) is 12.5 Å². The van der Waals surface area contributed by atoms with Crippen molar-refractivity contribution in [3.63, 3.8) is 0 Å². The lowest BCUT2D eigenvalue weighted by atomic mass is 10.0. The lowest BCUT2D eigenvalue weighted by Crippen LogP contribution is -2.03. The van der Waals surface area contributed by atoms with E-state index in [1.807, 2.05) is 0 Å². The molecular weight excluding hydrogens is 330 g/mol. The van der Waals surface area contributed by atoms with Gasteiger partial charge in [0.25, 0.3) is 0 Å². The first-order valence-corrected chi connectivity index (χ1v) is 8.47. The van der Waals surface area contributed by atoms with Gasteiger partial charge in [0, 0.05) is 14.3 Å². The van der Waals surface area contributed by atoms with Gasteiger partial charge in [0.15, 0.2) is 0 Å². The van der Waals surface area contributed by atoms with Crippen molar-refractivity contribution in [1.29, 1.82) is 0 Å². The van der Waals surface area contributed by atoms with Gasteiger partial charge in [-0.15, -0.1) is 0 Å². The molecule has 0 heterocycles. The molecule has 0 aromatic heterocycles. The van der Waals surface area contributed by atoms with Crippen LogP contribution in [0.15, 0.2) is 56.7 Å². The van der Waals surface area contributed by atoms with Crippen LogP contribution in [0.2, 0.25) is 0 Å². The van der Waals surface area contributed by atoms with Crippen LogP contribution < -0.4 is 5.73 Å². The normalized spacial score (nSPS) is 11.1. The minimum atomic E-state index is 0.582. The van der Waals surface area contributed by atoms with Gasteiger partial charge in [0.2, 0.25) is 0 Å². The van der Waals surface area contributed by atoms with Crippen molar-refractivity contribution in [2.24, 2.45) is 5.73 Å². The second-order valence-corrected chi connectivity index (χ2v) is 7.12. The minimum absolute atomic E-state index is 0.582. The van der Waals surface area contributed by atoms with Crippen molar-refractivity contribution in [3.8, 4) is 0 Å². The second kappa shape index (κ2) is 7.30. The molecule has 0 amide bonds. The fraction of sp³-hybridized carbons (Fsp3) is 0.294. The average molecular weight is 350 g/mol. The van der Waals surface area contributed by atoms with Crippen molar-refractivity contribution in [2.75, 3.05) is 6.54 Å². The molecule has 0 aliphatic rings. The van der Waals surface area contributed by atoms with Crippen LogP contribution in [0.25, 0.3) is 0 Å². The molecular formula is C17H20BrNS. The predicted molar refractivity (Wildman–Crippen MR) is 91.6 cm³/mol. The number of halogens is 1. The summed E-state index contributed by atoms with van der Waals surface area (Å²) in [5, 5.41) is 0. The molecule has 1 nitrogen and oxygen atoms in total. The van der Waals surface area contributed by atoms with E-state index in [2.05, 4.69) is 72.2 Å². The van der Waals surface area contributed by atoms with E-state index in [0.717, 1.165) is 10.9 Å². The molecule has 106 valence electrons. The number of benzene rings is 2. The van der Waals surface area contributed by atoms with Crippen LogP contribution >= 0.6 is 27.7 Å². The number of hydrogen-bond acceptors (Lipinski definition) is 2. The topological polar surface area (TPSA) is 26.0 Å². The highest BCUT2D eigenvalue weighted by molar-refractivity contribution is 9.10. The Morgan fingerprint density at radius 1 is 1.05 bits per heavy atom. The van der Waals surface area contributed by atoms with E-state index in [9.17, 15) is 0 Å². The summed E-state index contributed by atoms with van der Waals surface area (Å²) in [5.41, 5.74) is 8.26. The van der Waals surface area contributed by atoms with E-state index in [-0.39, 0.29) is 0 Å². The summed E-state index contributed by atoms with van der Waals surface area (Å²) >= 11 is 5.41. The molecule has 20 heavy (non-hydrogen) atoms. The van der Waals surface area contributed by atoms with Crippen molar-refractivity contribution >= 4 is 27.7 Å². The molecule has 0 spiro atoms. The Labute approximate surface area is 134 Å². The van der Waals surface area contributed by atoms with E-state index >= 15 is 0 Å². The molecule has 0 saturated carbocycles. The van der Waals surface area contributed by atoms with Crippen LogP contribution in [0, 0.1) is 0 Å². The van der Waals surface area contributed by atoms with Crippen LogP contribution in [0.5, 0.6) is 0 Å². The average Bonchev–Trinajstić information content (AvgIpc) is 2.42. The summed E-state index contributed by atoms with van der Waals surface area (Å²) in [6.07, 6.45) is 0.911. The van der Waals surface area contributed by atoms with Gasteiger partial charge in [-0.3, -0.25) is 0 Å². The predicted octanol–water partition coefficient (Wildman–Crippen LogP) is 5.22. The monoisotopic (exact) mass is 349 g/mol. The van der Waals surface area contributed by atoms with Crippen LogP contribution in [0.4, 0.5) is 0 Å². The Balaban J connectivity index is 2.11. The maximum atomic E-state index is 5.60. The Morgan fingerprint density at radius 3 is 2.25 bits per heavy atom. The third-order valence-corrected chi connectivity index (χ3v) is 4.96. The first-order valence-electron chi connectivity index (χ1n) is 6.86. The Morgan fingerprint density at radius 2 is 1.70 bits per heavy atom. The molecule has 3 heteroatoms. The third-order valence-electron chi connectivity index (χ3n) is 3.22. The van der Waals surface area contributed by atoms with Crippen molar-refractivity contribution < 1.29 is 0 Å². The van der Waals surface area contributed by atoms with Crippen LogP contribution in [0.1, 0.15) is 30.9 Å². The van der Waals surface area contributed by atoms with Gasteiger partial charge in [0.1, 0.15) is 0 Å². The van der Waals surface area contributed by atoms with Crippen LogP contribution in [-0.2, 0) is 6.42 Å². The van der Waals surface area contributed by atoms with Crippen molar-refractivity contribution in [1.82, 2.24) is 0 Å². The number of nitrogens with two attached hydrogens (primary N) is 1. The van der Waals surface area contributed by atoms with Crippen molar-refractivity contribution in [2.45, 2.75) is 36.0 Å². The van der Waals surface area contributed by atoms with Gasteiger partial charge >= 0.3 is 0 Å². The quantitative estimate of drug-likeness (QED) is 0.800. The highest BCUT2D eigenvalue weighted by Crippen LogP contribution is 2.31. The Kier molecular flexibility index (Phi) is 5.70. The standard InChI is InChI=1S/C17H20BrNS/c1-12(2)13-3-6-15(7-4-13)20-16-8-5-14(9-10-19)17(18)11-16/h3-8,11-12H,9-10,19H2,1-2H3. The third kappa shape index (κ3) is 4.11. The molecule has 0 aliphatic carbocycles. The maximum absolute atomic E-state index is 5.60. The molecule has 2 N–H and O–H groups in total. The van der Waals surface area contributed by atoms with Crippen molar-refractivity contribution in [3.05, 3.63) is 58.1 Å². The molecule has 0 radical (unpaired) electrons. The molecule has 2 aromatic carbocycles. The number of hydrogen-bond donors (Lipinski definition) is 1. The largest absolute Gasteiger partial charge is 0.330 e. The zero-order valence-electron chi connectivity index (χ0n) is 11.9. The van der Waals surface area contributed by atoms with E-state index < -0.39 is 0 Å². The highest BCUT2D eigenvalue weighted by Gasteiger charge is 2.04. The molecule has 0 fully saturated rings. The summed E-state index contributed by atoms with van der Waals surface area (Å²) in [6, 6.07) is 15.3. The van der Waals surface area contributed by atoms with Gasteiger partial charge < -0.3 is 5.73 Å². The summed E-state index contributed by atoms with van der Waals surface area (Å²) in [4.78, 5) is 2.52. The van der Waals surface area contributed by atoms with E-state index in [4.69, 9.17) is 5.73 Å². The Bertz CT molecular complexity index is 564. The molecule has 2 rings (SSSR count). The second-order valence-electron chi connectivity index (χ2n) is 5.12. The minimum Gasteiger partial charge on any atom is -0.330 e. The van der Waals surface area contributed by atoms with Crippen LogP contribution in [0.3, 0.4) is 0 Å². The lowest BCUT2D eigenvalue weighted by molar-refractivity contribution is 0.865. The molecule has 0 atom stereocenters. The first kappa shape index (κ1) is 15.6. The number of rotatable bonds is 5. The molecule has 0 unspecified atom stereocenters. The van der Waals surface area contributed by atoms with Gasteiger partial charge in [-0.2, -0.15) is 0 Å². The summed E-state index contributed by atoms with van der Waals surface area (Å²) < 4.78 is 1.15. The fourth-order valence-corrected chi connectivity index (χ4v) is 3.59. The van der Waals surface area contributed by atoms with Gasteiger partial charge in [-0.25, -0.2) is 0 Å². The highest BCUT2D eigenvalue weighted by atomic mass is 79.9. The summed E-state index contributed by atoms with van der Waals surface area (Å²) in [7, 11) is 0. The van der Waals surface area contributed by atoms with Gasteiger partial charge in [0.05, 0.1) is 0 Å². The Hall–Kier alpha value is -0.770. The fourth-order valence-electron chi connectivity index (χ4n) is 2.01. The summed E-state index contributed by atoms with van der Waals surface area (Å²) in [5.74, 6) is 0.582. The van der Waals surface area contributed by atoms with Crippen LogP contribution in [-0.4, -0.2) is 6.54 Å². The molecule has 0 saturated heterocycles. The molecule has 2 aromatic rings. The van der Waals surface area contributed by atoms with Gasteiger partial charge in [-0.1, -0.05) is 59.7 Å². The SMILES string of the molecule is CC(C)c1ccc(Sc2ccc(CCN)c(Br)c2)cc1. The zero-order chi connectivity index (χ0) is 14.5. The zero-order valence-corrected chi connectivity index (χ0v) is 14.3. The maximum Gasteiger partial charge on any atom is 0.0219 e. The van der Waals surface area contributed by atoms with Gasteiger partial charge in [-0.05, 0) is 54.3 Å². The lowest BCUT2D eigenvalue weighted by Gasteiger charge is -2.08. The smallest absolute Gasteiger partial charge is 0.0219 e. The molecule has 0 aliphatic heterocycles. The first-order chi connectivity index (χ1) is 9.60. The van der Waals surface area contributed by atoms with E-state index in [1.165, 1.54) is 20.9 Å².